The predicted octanol–water partition coefficient (Wildman–Crippen LogP) is 2.23. The van der Waals surface area contributed by atoms with E-state index in [0.29, 0.717) is 30.5 Å². The Morgan fingerprint density at radius 2 is 1.90 bits per heavy atom. The number of rotatable bonds is 5. The number of nitrogens with two attached hydrogens (primary N) is 1. The van der Waals surface area contributed by atoms with Gasteiger partial charge in [0.25, 0.3) is 0 Å². The first-order valence-electron chi connectivity index (χ1n) is 8.87. The first-order valence-corrected chi connectivity index (χ1v) is 8.87. The molecule has 0 aromatic carbocycles. The van der Waals surface area contributed by atoms with E-state index < -0.39 is 0 Å². The first kappa shape index (κ1) is 16.8. The van der Waals surface area contributed by atoms with Crippen LogP contribution >= 0.6 is 0 Å². The third-order valence-corrected chi connectivity index (χ3v) is 5.54. The summed E-state index contributed by atoms with van der Waals surface area (Å²) in [4.78, 5) is 17.1. The molecule has 2 N–H and O–H groups in total. The van der Waals surface area contributed by atoms with E-state index in [-0.39, 0.29) is 0 Å². The number of piperidine rings is 1. The molecule has 3 unspecified atom stereocenters. The third-order valence-electron chi connectivity index (χ3n) is 5.54. The summed E-state index contributed by atoms with van der Waals surface area (Å²) in [6, 6.07) is 0.967. The fourth-order valence-electron chi connectivity index (χ4n) is 4.22. The Morgan fingerprint density at radius 1 is 1.19 bits per heavy atom. The van der Waals surface area contributed by atoms with Gasteiger partial charge in [0.1, 0.15) is 0 Å². The summed E-state index contributed by atoms with van der Waals surface area (Å²) in [5, 5.41) is 0. The number of likely N-dealkylation sites (tertiary alicyclic amines) is 1. The summed E-state index contributed by atoms with van der Waals surface area (Å²) in [7, 11) is 2.11. The Balaban J connectivity index is 1.91. The van der Waals surface area contributed by atoms with Gasteiger partial charge in [0.05, 0.1) is 6.54 Å². The van der Waals surface area contributed by atoms with E-state index in [1.54, 1.807) is 0 Å². The zero-order valence-electron chi connectivity index (χ0n) is 13.9. The van der Waals surface area contributed by atoms with Gasteiger partial charge in [-0.15, -0.1) is 0 Å². The fourth-order valence-corrected chi connectivity index (χ4v) is 4.22. The van der Waals surface area contributed by atoms with E-state index in [0.717, 1.165) is 19.5 Å². The van der Waals surface area contributed by atoms with Crippen molar-refractivity contribution in [3.63, 3.8) is 0 Å². The molecule has 4 nitrogen and oxygen atoms in total. The molecule has 122 valence electrons. The zero-order chi connectivity index (χ0) is 15.2. The molecule has 1 amide bonds. The summed E-state index contributed by atoms with van der Waals surface area (Å²) in [6.07, 6.45) is 9.71. The van der Waals surface area contributed by atoms with Crippen molar-refractivity contribution in [2.45, 2.75) is 70.4 Å². The van der Waals surface area contributed by atoms with E-state index in [2.05, 4.69) is 23.8 Å². The highest BCUT2D eigenvalue weighted by Gasteiger charge is 2.31. The maximum absolute atomic E-state index is 12.7. The van der Waals surface area contributed by atoms with Gasteiger partial charge >= 0.3 is 0 Å². The van der Waals surface area contributed by atoms with Crippen molar-refractivity contribution in [2.24, 2.45) is 11.7 Å². The van der Waals surface area contributed by atoms with Gasteiger partial charge in [0.15, 0.2) is 0 Å². The van der Waals surface area contributed by atoms with Crippen LogP contribution in [0.15, 0.2) is 0 Å². The van der Waals surface area contributed by atoms with Gasteiger partial charge in [-0.1, -0.05) is 19.8 Å². The lowest BCUT2D eigenvalue weighted by molar-refractivity contribution is -0.136. The molecule has 0 radical (unpaired) electrons. The van der Waals surface area contributed by atoms with E-state index in [1.807, 2.05) is 0 Å². The Hall–Kier alpha value is -0.610. The molecule has 2 rings (SSSR count). The minimum absolute atomic E-state index is 0.324. The normalized spacial score (nSPS) is 30.7. The number of hydrogen-bond donors (Lipinski definition) is 1. The Bertz CT molecular complexity index is 334. The van der Waals surface area contributed by atoms with Crippen molar-refractivity contribution in [1.29, 1.82) is 0 Å². The molecule has 2 aliphatic rings. The van der Waals surface area contributed by atoms with Crippen LogP contribution in [-0.2, 0) is 4.79 Å². The molecule has 3 atom stereocenters. The molecule has 2 fully saturated rings. The number of hydrogen-bond acceptors (Lipinski definition) is 3. The number of nitrogens with zero attached hydrogens (tertiary/aromatic N) is 2. The summed E-state index contributed by atoms with van der Waals surface area (Å²) >= 11 is 0. The smallest absolute Gasteiger partial charge is 0.236 e. The van der Waals surface area contributed by atoms with Crippen LogP contribution in [0, 0.1) is 5.92 Å². The van der Waals surface area contributed by atoms with Gasteiger partial charge in [0.2, 0.25) is 5.91 Å². The predicted molar refractivity (Wildman–Crippen MR) is 87.1 cm³/mol. The summed E-state index contributed by atoms with van der Waals surface area (Å²) in [6.45, 7) is 4.48. The van der Waals surface area contributed by atoms with Crippen LogP contribution in [0.4, 0.5) is 0 Å². The highest BCUT2D eigenvalue weighted by Crippen LogP contribution is 2.27. The lowest BCUT2D eigenvalue weighted by Crippen LogP contribution is -2.51. The molecule has 0 aromatic rings. The highest BCUT2D eigenvalue weighted by molar-refractivity contribution is 5.78. The molecule has 1 aliphatic heterocycles. The van der Waals surface area contributed by atoms with Crippen LogP contribution < -0.4 is 5.73 Å². The second kappa shape index (κ2) is 8.14. The summed E-state index contributed by atoms with van der Waals surface area (Å²) in [5.41, 5.74) is 5.93. The van der Waals surface area contributed by atoms with Crippen molar-refractivity contribution in [2.75, 3.05) is 26.7 Å². The van der Waals surface area contributed by atoms with Gasteiger partial charge < -0.3 is 10.6 Å². The minimum atomic E-state index is 0.324. The van der Waals surface area contributed by atoms with Crippen molar-refractivity contribution in [3.05, 3.63) is 0 Å². The van der Waals surface area contributed by atoms with Gasteiger partial charge in [-0.3, -0.25) is 9.69 Å². The molecule has 1 saturated heterocycles. The van der Waals surface area contributed by atoms with E-state index in [4.69, 9.17) is 5.73 Å². The van der Waals surface area contributed by atoms with Crippen LogP contribution in [0.3, 0.4) is 0 Å². The average molecular weight is 295 g/mol. The van der Waals surface area contributed by atoms with Crippen LogP contribution in [0.2, 0.25) is 0 Å². The largest absolute Gasteiger partial charge is 0.339 e. The summed E-state index contributed by atoms with van der Waals surface area (Å²) < 4.78 is 0. The molecule has 0 aromatic heterocycles. The molecule has 0 bridgehead atoms. The maximum Gasteiger partial charge on any atom is 0.236 e. The highest BCUT2D eigenvalue weighted by atomic mass is 16.2. The minimum Gasteiger partial charge on any atom is -0.339 e. The zero-order valence-corrected chi connectivity index (χ0v) is 13.9. The van der Waals surface area contributed by atoms with Crippen LogP contribution in [0.1, 0.15) is 58.3 Å². The van der Waals surface area contributed by atoms with Crippen molar-refractivity contribution in [1.82, 2.24) is 9.80 Å². The Morgan fingerprint density at radius 3 is 2.62 bits per heavy atom. The van der Waals surface area contributed by atoms with Crippen molar-refractivity contribution < 1.29 is 4.79 Å². The van der Waals surface area contributed by atoms with Gasteiger partial charge in [0, 0.05) is 18.6 Å². The topological polar surface area (TPSA) is 49.6 Å². The van der Waals surface area contributed by atoms with Crippen LogP contribution in [0.25, 0.3) is 0 Å². The second-order valence-electron chi connectivity index (χ2n) is 6.91. The van der Waals surface area contributed by atoms with E-state index in [9.17, 15) is 4.79 Å². The fraction of sp³-hybridized carbons (Fsp3) is 0.941. The SMILES string of the molecule is CCC1CCCCN1C(=O)CN(C)C1CCCCC1CN. The quantitative estimate of drug-likeness (QED) is 0.846. The molecule has 21 heavy (non-hydrogen) atoms. The van der Waals surface area contributed by atoms with Crippen LogP contribution in [0.5, 0.6) is 0 Å². The number of carbonyl (C=O) groups is 1. The lowest BCUT2D eigenvalue weighted by Gasteiger charge is -2.40. The van der Waals surface area contributed by atoms with Crippen molar-refractivity contribution in [3.8, 4) is 0 Å². The molecular weight excluding hydrogens is 262 g/mol. The molecule has 1 saturated carbocycles. The lowest BCUT2D eigenvalue weighted by atomic mass is 9.83. The second-order valence-corrected chi connectivity index (χ2v) is 6.91. The molecule has 1 aliphatic carbocycles. The van der Waals surface area contributed by atoms with Gasteiger partial charge in [-0.2, -0.15) is 0 Å². The Kier molecular flexibility index (Phi) is 6.49. The molecule has 4 heteroatoms. The summed E-state index contributed by atoms with van der Waals surface area (Å²) in [5.74, 6) is 0.894. The van der Waals surface area contributed by atoms with Crippen molar-refractivity contribution >= 4 is 5.91 Å². The van der Waals surface area contributed by atoms with Gasteiger partial charge in [-0.25, -0.2) is 0 Å². The number of carbonyl (C=O) groups excluding carboxylic acids is 1. The first-order chi connectivity index (χ1) is 10.2. The standard InChI is InChI=1S/C17H33N3O/c1-3-15-9-6-7-11-20(15)17(21)13-19(2)16-10-5-4-8-14(16)12-18/h14-16H,3-13,18H2,1-2H3. The van der Waals surface area contributed by atoms with E-state index in [1.165, 1.54) is 44.9 Å². The Labute approximate surface area is 130 Å². The molecular formula is C17H33N3O. The molecule has 1 heterocycles. The maximum atomic E-state index is 12.7. The average Bonchev–Trinajstić information content (AvgIpc) is 2.54. The van der Waals surface area contributed by atoms with Crippen LogP contribution in [-0.4, -0.2) is 54.5 Å². The van der Waals surface area contributed by atoms with E-state index >= 15 is 0 Å². The number of amides is 1. The third kappa shape index (κ3) is 4.19. The van der Waals surface area contributed by atoms with Gasteiger partial charge in [-0.05, 0) is 58.0 Å². The monoisotopic (exact) mass is 295 g/mol. The molecule has 0 spiro atoms. The number of likely N-dealkylation sites (N-methyl/N-ethyl adjacent to an activating group) is 1.